The number of carbonyl (C=O) groups is 1. The molecule has 3 rings (SSSR count). The van der Waals surface area contributed by atoms with Crippen LogP contribution in [0.1, 0.15) is 15.9 Å². The fourth-order valence-corrected chi connectivity index (χ4v) is 2.23. The van der Waals surface area contributed by atoms with Crippen molar-refractivity contribution in [2.45, 2.75) is 6.92 Å². The van der Waals surface area contributed by atoms with Gasteiger partial charge in [0, 0.05) is 11.3 Å². The molecule has 7 heteroatoms. The van der Waals surface area contributed by atoms with Gasteiger partial charge in [-0.05, 0) is 36.8 Å². The van der Waals surface area contributed by atoms with Gasteiger partial charge in [-0.3, -0.25) is 15.6 Å². The summed E-state index contributed by atoms with van der Waals surface area (Å²) in [5.74, 6) is 0.485. The van der Waals surface area contributed by atoms with Gasteiger partial charge in [0.25, 0.3) is 5.91 Å². The fraction of sp³-hybridized carbons (Fsp3) is 0.0556. The van der Waals surface area contributed by atoms with Crippen LogP contribution < -0.4 is 21.9 Å². The lowest BCUT2D eigenvalue weighted by atomic mass is 10.2. The number of hydrogen-bond acceptors (Lipinski definition) is 6. The Morgan fingerprint density at radius 1 is 1.00 bits per heavy atom. The maximum atomic E-state index is 12.1. The molecule has 126 valence electrons. The van der Waals surface area contributed by atoms with Crippen LogP contribution in [0, 0.1) is 6.92 Å². The number of aromatic nitrogens is 2. The van der Waals surface area contributed by atoms with Crippen LogP contribution in [0.15, 0.2) is 60.9 Å². The van der Waals surface area contributed by atoms with E-state index in [2.05, 4.69) is 26.1 Å². The Bertz CT molecular complexity index is 882. The van der Waals surface area contributed by atoms with E-state index in [0.717, 1.165) is 11.3 Å². The molecule has 0 aliphatic carbocycles. The number of nitrogens with zero attached hydrogens (tertiary/aromatic N) is 2. The van der Waals surface area contributed by atoms with Gasteiger partial charge in [-0.25, -0.2) is 9.97 Å². The highest BCUT2D eigenvalue weighted by atomic mass is 16.2. The van der Waals surface area contributed by atoms with Gasteiger partial charge in [-0.1, -0.05) is 30.3 Å². The van der Waals surface area contributed by atoms with Crippen molar-refractivity contribution in [1.29, 1.82) is 0 Å². The van der Waals surface area contributed by atoms with Crippen LogP contribution in [0.25, 0.3) is 0 Å². The van der Waals surface area contributed by atoms with Gasteiger partial charge in [0.2, 0.25) is 0 Å². The normalized spacial score (nSPS) is 10.1. The van der Waals surface area contributed by atoms with Crippen LogP contribution in [0.5, 0.6) is 0 Å². The summed E-state index contributed by atoms with van der Waals surface area (Å²) >= 11 is 0. The van der Waals surface area contributed by atoms with Gasteiger partial charge in [0.15, 0.2) is 11.6 Å². The summed E-state index contributed by atoms with van der Waals surface area (Å²) in [5.41, 5.74) is 14.2. The smallest absolute Gasteiger partial charge is 0.269 e. The van der Waals surface area contributed by atoms with Crippen LogP contribution in [0.2, 0.25) is 0 Å². The maximum Gasteiger partial charge on any atom is 0.269 e. The zero-order chi connectivity index (χ0) is 17.6. The van der Waals surface area contributed by atoms with Crippen LogP contribution >= 0.6 is 0 Å². The number of amides is 1. The first-order valence-corrected chi connectivity index (χ1v) is 7.69. The van der Waals surface area contributed by atoms with Crippen LogP contribution in [0.3, 0.4) is 0 Å². The number of hydrogen-bond donors (Lipinski definition) is 4. The van der Waals surface area contributed by atoms with Gasteiger partial charge in [0.1, 0.15) is 12.0 Å². The third-order valence-electron chi connectivity index (χ3n) is 3.50. The molecule has 0 spiro atoms. The molecule has 0 bridgehead atoms. The van der Waals surface area contributed by atoms with E-state index in [0.29, 0.717) is 22.9 Å². The summed E-state index contributed by atoms with van der Waals surface area (Å²) in [6.07, 6.45) is 1.37. The summed E-state index contributed by atoms with van der Waals surface area (Å²) in [4.78, 5) is 20.3. The SMILES string of the molecule is Cc1cccc(Nc2ncnc(NNC(=O)c3ccccc3)c2N)c1. The molecule has 0 atom stereocenters. The molecular formula is C18H18N6O. The van der Waals surface area contributed by atoms with Crippen LogP contribution in [-0.2, 0) is 0 Å². The number of hydrazine groups is 1. The van der Waals surface area contributed by atoms with E-state index in [4.69, 9.17) is 5.73 Å². The van der Waals surface area contributed by atoms with Gasteiger partial charge < -0.3 is 11.1 Å². The minimum Gasteiger partial charge on any atom is -0.393 e. The van der Waals surface area contributed by atoms with E-state index in [9.17, 15) is 4.79 Å². The first-order chi connectivity index (χ1) is 12.1. The lowest BCUT2D eigenvalue weighted by Gasteiger charge is -2.13. The van der Waals surface area contributed by atoms with Crippen molar-refractivity contribution < 1.29 is 4.79 Å². The predicted octanol–water partition coefficient (Wildman–Crippen LogP) is 2.87. The molecule has 2 aromatic carbocycles. The molecule has 0 saturated heterocycles. The summed E-state index contributed by atoms with van der Waals surface area (Å²) in [5, 5.41) is 3.14. The lowest BCUT2D eigenvalue weighted by molar-refractivity contribution is 0.0962. The molecule has 1 amide bonds. The molecule has 1 heterocycles. The molecule has 0 radical (unpaired) electrons. The topological polar surface area (TPSA) is 105 Å². The van der Waals surface area contributed by atoms with E-state index in [1.54, 1.807) is 24.3 Å². The number of aryl methyl sites for hydroxylation is 1. The van der Waals surface area contributed by atoms with Crippen molar-refractivity contribution in [1.82, 2.24) is 15.4 Å². The number of nitrogens with one attached hydrogen (secondary N) is 3. The number of nitrogen functional groups attached to an aromatic ring is 1. The fourth-order valence-electron chi connectivity index (χ4n) is 2.23. The highest BCUT2D eigenvalue weighted by molar-refractivity contribution is 5.95. The van der Waals surface area contributed by atoms with Crippen LogP contribution in [0.4, 0.5) is 23.0 Å². The van der Waals surface area contributed by atoms with E-state index in [1.165, 1.54) is 6.33 Å². The van der Waals surface area contributed by atoms with Crippen molar-refractivity contribution in [3.63, 3.8) is 0 Å². The first kappa shape index (κ1) is 16.3. The van der Waals surface area contributed by atoms with Crippen molar-refractivity contribution >= 4 is 28.9 Å². The Hall–Kier alpha value is -3.61. The highest BCUT2D eigenvalue weighted by Crippen LogP contribution is 2.25. The minimum absolute atomic E-state index is 0.285. The zero-order valence-electron chi connectivity index (χ0n) is 13.7. The molecule has 25 heavy (non-hydrogen) atoms. The second kappa shape index (κ2) is 7.31. The largest absolute Gasteiger partial charge is 0.393 e. The Kier molecular flexibility index (Phi) is 4.75. The van der Waals surface area contributed by atoms with E-state index in [1.807, 2.05) is 37.3 Å². The maximum absolute atomic E-state index is 12.1. The minimum atomic E-state index is -0.285. The van der Waals surface area contributed by atoms with Crippen LogP contribution in [-0.4, -0.2) is 15.9 Å². The number of rotatable bonds is 5. The second-order valence-electron chi connectivity index (χ2n) is 5.42. The third kappa shape index (κ3) is 4.03. The first-order valence-electron chi connectivity index (χ1n) is 7.69. The quantitative estimate of drug-likeness (QED) is 0.535. The number of anilines is 4. The zero-order valence-corrected chi connectivity index (χ0v) is 13.7. The highest BCUT2D eigenvalue weighted by Gasteiger charge is 2.10. The third-order valence-corrected chi connectivity index (χ3v) is 3.50. The molecule has 5 N–H and O–H groups in total. The Morgan fingerprint density at radius 2 is 1.76 bits per heavy atom. The number of nitrogens with two attached hydrogens (primary N) is 1. The Morgan fingerprint density at radius 3 is 2.52 bits per heavy atom. The summed E-state index contributed by atoms with van der Waals surface area (Å²) in [7, 11) is 0. The van der Waals surface area contributed by atoms with E-state index < -0.39 is 0 Å². The molecular weight excluding hydrogens is 316 g/mol. The van der Waals surface area contributed by atoms with Gasteiger partial charge >= 0.3 is 0 Å². The van der Waals surface area contributed by atoms with Gasteiger partial charge in [0.05, 0.1) is 0 Å². The van der Waals surface area contributed by atoms with Crippen molar-refractivity contribution in [3.05, 3.63) is 72.1 Å². The molecule has 0 unspecified atom stereocenters. The predicted molar refractivity (Wildman–Crippen MR) is 98.4 cm³/mol. The lowest BCUT2D eigenvalue weighted by Crippen LogP contribution is -2.30. The number of carbonyl (C=O) groups excluding carboxylic acids is 1. The summed E-state index contributed by atoms with van der Waals surface area (Å²) in [6.45, 7) is 2.00. The average molecular weight is 334 g/mol. The molecule has 1 aromatic heterocycles. The standard InChI is InChI=1S/C18H18N6O/c1-12-6-5-9-14(10-12)22-16-15(19)17(21-11-20-16)23-24-18(25)13-7-3-2-4-8-13/h2-11H,19H2,1H3,(H,24,25)(H2,20,21,22,23). The Balaban J connectivity index is 1.72. The molecule has 0 aliphatic rings. The van der Waals surface area contributed by atoms with Crippen molar-refractivity contribution in [2.24, 2.45) is 0 Å². The molecule has 7 nitrogen and oxygen atoms in total. The average Bonchev–Trinajstić information content (AvgIpc) is 2.63. The van der Waals surface area contributed by atoms with Gasteiger partial charge in [-0.2, -0.15) is 0 Å². The molecule has 0 aliphatic heterocycles. The van der Waals surface area contributed by atoms with Crippen molar-refractivity contribution in [2.75, 3.05) is 16.5 Å². The van der Waals surface area contributed by atoms with Crippen molar-refractivity contribution in [3.8, 4) is 0 Å². The van der Waals surface area contributed by atoms with Gasteiger partial charge in [-0.15, -0.1) is 0 Å². The molecule has 0 saturated carbocycles. The number of benzene rings is 2. The molecule has 3 aromatic rings. The van der Waals surface area contributed by atoms with E-state index >= 15 is 0 Å². The van der Waals surface area contributed by atoms with E-state index in [-0.39, 0.29) is 5.91 Å². The Labute approximate surface area is 145 Å². The monoisotopic (exact) mass is 334 g/mol. The second-order valence-corrected chi connectivity index (χ2v) is 5.42. The summed E-state index contributed by atoms with van der Waals surface area (Å²) in [6, 6.07) is 16.7. The molecule has 0 fully saturated rings. The summed E-state index contributed by atoms with van der Waals surface area (Å²) < 4.78 is 0.